The van der Waals surface area contributed by atoms with Gasteiger partial charge in [0.15, 0.2) is 0 Å². The van der Waals surface area contributed by atoms with Gasteiger partial charge in [-0.25, -0.2) is 9.97 Å². The number of pyridine rings is 3. The molecule has 3 aromatic heterocycles. The average molecular weight is 600 g/mol. The monoisotopic (exact) mass is 599 g/mol. The number of hydrogen-bond donors (Lipinski definition) is 0. The third kappa shape index (κ3) is 3.77. The first-order chi connectivity index (χ1) is 23.0. The van der Waals surface area contributed by atoms with Crippen LogP contribution in [0.25, 0.3) is 87.9 Å². The molecule has 0 atom stereocenters. The fourth-order valence-electron chi connectivity index (χ4n) is 7.91. The Hall–Kier alpha value is -5.93. The molecule has 9 aromatic rings. The van der Waals surface area contributed by atoms with Gasteiger partial charge in [-0.05, 0) is 97.0 Å². The number of fused-ring (bicyclic) bond motifs is 12. The number of aromatic nitrogens is 3. The molecule has 0 saturated heterocycles. The molecular formula is C44H29N3. The summed E-state index contributed by atoms with van der Waals surface area (Å²) in [7, 11) is 0. The van der Waals surface area contributed by atoms with E-state index in [1.807, 2.05) is 18.3 Å². The van der Waals surface area contributed by atoms with Gasteiger partial charge >= 0.3 is 0 Å². The Morgan fingerprint density at radius 2 is 1.11 bits per heavy atom. The maximum atomic E-state index is 5.16. The minimum atomic E-state index is -0.0540. The SMILES string of the molecule is CC1(C)c2ccccc2-c2cc3c4ccccc4c4cc(-c5cccc(-c6ccc7ccc8cccnc8c7n6)n5)ccc4c3cc21. The van der Waals surface area contributed by atoms with Crippen LogP contribution < -0.4 is 0 Å². The van der Waals surface area contributed by atoms with Crippen molar-refractivity contribution in [3.05, 3.63) is 151 Å². The first kappa shape index (κ1) is 26.3. The van der Waals surface area contributed by atoms with E-state index in [0.717, 1.165) is 44.5 Å². The van der Waals surface area contributed by atoms with E-state index < -0.39 is 0 Å². The Kier molecular flexibility index (Phi) is 5.34. The second-order valence-corrected chi connectivity index (χ2v) is 13.2. The molecule has 0 spiro atoms. The van der Waals surface area contributed by atoms with Gasteiger partial charge in [0, 0.05) is 27.9 Å². The molecular weight excluding hydrogens is 571 g/mol. The predicted molar refractivity (Wildman–Crippen MR) is 196 cm³/mol. The van der Waals surface area contributed by atoms with Crippen molar-refractivity contribution in [1.82, 2.24) is 15.0 Å². The minimum absolute atomic E-state index is 0.0540. The van der Waals surface area contributed by atoms with Crippen molar-refractivity contribution >= 4 is 54.1 Å². The number of rotatable bonds is 2. The second kappa shape index (κ2) is 9.54. The van der Waals surface area contributed by atoms with Crippen molar-refractivity contribution in [3.63, 3.8) is 0 Å². The maximum Gasteiger partial charge on any atom is 0.0972 e. The van der Waals surface area contributed by atoms with Crippen LogP contribution in [0.15, 0.2) is 140 Å². The summed E-state index contributed by atoms with van der Waals surface area (Å²) in [5, 5.41) is 9.80. The molecule has 0 aliphatic heterocycles. The van der Waals surface area contributed by atoms with E-state index in [2.05, 4.69) is 140 Å². The van der Waals surface area contributed by atoms with Gasteiger partial charge in [0.25, 0.3) is 0 Å². The van der Waals surface area contributed by atoms with Crippen LogP contribution in [0.4, 0.5) is 0 Å². The van der Waals surface area contributed by atoms with Crippen molar-refractivity contribution in [3.8, 4) is 33.8 Å². The zero-order valence-corrected chi connectivity index (χ0v) is 26.1. The summed E-state index contributed by atoms with van der Waals surface area (Å²) < 4.78 is 0. The lowest BCUT2D eigenvalue weighted by Gasteiger charge is -2.22. The van der Waals surface area contributed by atoms with Crippen molar-refractivity contribution in [2.45, 2.75) is 19.3 Å². The molecule has 47 heavy (non-hydrogen) atoms. The summed E-state index contributed by atoms with van der Waals surface area (Å²) >= 11 is 0. The van der Waals surface area contributed by atoms with Crippen LogP contribution in [-0.2, 0) is 5.41 Å². The van der Waals surface area contributed by atoms with Gasteiger partial charge in [0.2, 0.25) is 0 Å². The Labute approximate surface area is 272 Å². The molecule has 0 radical (unpaired) electrons. The summed E-state index contributed by atoms with van der Waals surface area (Å²) in [5.74, 6) is 0. The Bertz CT molecular complexity index is 2770. The van der Waals surface area contributed by atoms with Crippen LogP contribution in [0.5, 0.6) is 0 Å². The van der Waals surface area contributed by atoms with Crippen molar-refractivity contribution in [1.29, 1.82) is 0 Å². The molecule has 1 aliphatic rings. The Morgan fingerprint density at radius 3 is 1.98 bits per heavy atom. The molecule has 1 aliphatic carbocycles. The van der Waals surface area contributed by atoms with E-state index in [0.29, 0.717) is 0 Å². The third-order valence-corrected chi connectivity index (χ3v) is 10.3. The van der Waals surface area contributed by atoms with Gasteiger partial charge in [-0.1, -0.05) is 105 Å². The largest absolute Gasteiger partial charge is 0.254 e. The van der Waals surface area contributed by atoms with E-state index >= 15 is 0 Å². The smallest absolute Gasteiger partial charge is 0.0972 e. The quantitative estimate of drug-likeness (QED) is 0.186. The van der Waals surface area contributed by atoms with Crippen LogP contribution in [0.2, 0.25) is 0 Å². The average Bonchev–Trinajstić information content (AvgIpc) is 3.36. The first-order valence-corrected chi connectivity index (χ1v) is 16.2. The van der Waals surface area contributed by atoms with Crippen LogP contribution in [0.1, 0.15) is 25.0 Å². The lowest BCUT2D eigenvalue weighted by molar-refractivity contribution is 0.661. The molecule has 3 nitrogen and oxygen atoms in total. The van der Waals surface area contributed by atoms with E-state index in [-0.39, 0.29) is 5.41 Å². The van der Waals surface area contributed by atoms with Crippen LogP contribution in [0.3, 0.4) is 0 Å². The van der Waals surface area contributed by atoms with Gasteiger partial charge in [-0.15, -0.1) is 0 Å². The molecule has 0 amide bonds. The molecule has 0 saturated carbocycles. The Morgan fingerprint density at radius 1 is 0.426 bits per heavy atom. The zero-order valence-electron chi connectivity index (χ0n) is 26.1. The molecule has 220 valence electrons. The third-order valence-electron chi connectivity index (χ3n) is 10.3. The lowest BCUT2D eigenvalue weighted by Crippen LogP contribution is -2.14. The highest BCUT2D eigenvalue weighted by Crippen LogP contribution is 2.51. The summed E-state index contributed by atoms with van der Waals surface area (Å²) in [4.78, 5) is 14.9. The highest BCUT2D eigenvalue weighted by Gasteiger charge is 2.35. The zero-order chi connectivity index (χ0) is 31.3. The van der Waals surface area contributed by atoms with Gasteiger partial charge in [-0.3, -0.25) is 4.98 Å². The first-order valence-electron chi connectivity index (χ1n) is 16.2. The molecule has 0 fully saturated rings. The standard InChI is InChI=1S/C44H29N3/c1-44(2)37-13-6-5-12-32(37)36-24-34-30-11-4-3-10-29(30)33-23-28(18-20-31(33)35(34)25-38(36)44)39-14-7-15-40(46-39)41-21-19-27-17-16-26-9-8-22-45-42(26)43(27)47-41/h3-25H,1-2H3. The van der Waals surface area contributed by atoms with E-state index in [9.17, 15) is 0 Å². The van der Waals surface area contributed by atoms with Crippen LogP contribution in [-0.4, -0.2) is 15.0 Å². The molecule has 0 bridgehead atoms. The number of benzene rings is 6. The molecule has 3 heterocycles. The predicted octanol–water partition coefficient (Wildman–Crippen LogP) is 11.3. The van der Waals surface area contributed by atoms with Crippen LogP contribution >= 0.6 is 0 Å². The molecule has 0 unspecified atom stereocenters. The Balaban J connectivity index is 1.16. The number of nitrogens with zero attached hydrogens (tertiary/aromatic N) is 3. The summed E-state index contributed by atoms with van der Waals surface area (Å²) in [6, 6.07) is 48.1. The van der Waals surface area contributed by atoms with Gasteiger partial charge < -0.3 is 0 Å². The molecule has 6 aromatic carbocycles. The lowest BCUT2D eigenvalue weighted by atomic mass is 9.81. The van der Waals surface area contributed by atoms with E-state index in [1.165, 1.54) is 54.6 Å². The highest BCUT2D eigenvalue weighted by molar-refractivity contribution is 6.26. The van der Waals surface area contributed by atoms with Gasteiger partial charge in [-0.2, -0.15) is 0 Å². The molecule has 10 rings (SSSR count). The van der Waals surface area contributed by atoms with Gasteiger partial charge in [0.05, 0.1) is 28.1 Å². The van der Waals surface area contributed by atoms with Crippen LogP contribution in [0, 0.1) is 0 Å². The summed E-state index contributed by atoms with van der Waals surface area (Å²) in [5.41, 5.74) is 11.0. The minimum Gasteiger partial charge on any atom is -0.254 e. The van der Waals surface area contributed by atoms with Crippen molar-refractivity contribution in [2.24, 2.45) is 0 Å². The summed E-state index contributed by atoms with van der Waals surface area (Å²) in [6.07, 6.45) is 1.83. The topological polar surface area (TPSA) is 38.7 Å². The fourth-order valence-corrected chi connectivity index (χ4v) is 7.91. The fraction of sp³-hybridized carbons (Fsp3) is 0.0682. The second-order valence-electron chi connectivity index (χ2n) is 13.2. The number of hydrogen-bond acceptors (Lipinski definition) is 3. The molecule has 3 heteroatoms. The van der Waals surface area contributed by atoms with Crippen molar-refractivity contribution < 1.29 is 0 Å². The van der Waals surface area contributed by atoms with E-state index in [1.54, 1.807) is 0 Å². The maximum absolute atomic E-state index is 5.16. The molecule has 0 N–H and O–H groups in total. The van der Waals surface area contributed by atoms with Gasteiger partial charge in [0.1, 0.15) is 0 Å². The summed E-state index contributed by atoms with van der Waals surface area (Å²) in [6.45, 7) is 4.71. The van der Waals surface area contributed by atoms with Crippen molar-refractivity contribution in [2.75, 3.05) is 0 Å². The van der Waals surface area contributed by atoms with E-state index in [4.69, 9.17) is 9.97 Å². The highest BCUT2D eigenvalue weighted by atomic mass is 14.8. The normalized spacial score (nSPS) is 13.5.